The zero-order valence-electron chi connectivity index (χ0n) is 11.7. The van der Waals surface area contributed by atoms with E-state index in [4.69, 9.17) is 21.3 Å². The smallest absolute Gasteiger partial charge is 0.537 e. The molecule has 0 bridgehead atoms. The van der Waals surface area contributed by atoms with Gasteiger partial charge in [0.25, 0.3) is 0 Å². The molecule has 0 spiro atoms. The van der Waals surface area contributed by atoms with Crippen LogP contribution in [0.4, 0.5) is 0 Å². The van der Waals surface area contributed by atoms with Crippen LogP contribution in [0.3, 0.4) is 0 Å². The summed E-state index contributed by atoms with van der Waals surface area (Å²) in [6.45, 7) is 0. The van der Waals surface area contributed by atoms with E-state index in [0.29, 0.717) is 13.4 Å². The molecule has 3 aromatic rings. The third-order valence-electron chi connectivity index (χ3n) is 3.38. The minimum atomic E-state index is 0.591. The molecule has 1 radical (unpaired) electrons. The van der Waals surface area contributed by atoms with Gasteiger partial charge in [-0.3, -0.25) is 0 Å². The van der Waals surface area contributed by atoms with Gasteiger partial charge in [0.05, 0.1) is 0 Å². The Morgan fingerprint density at radius 1 is 0.727 bits per heavy atom. The monoisotopic (exact) mass is 307 g/mol. The van der Waals surface area contributed by atoms with Gasteiger partial charge in [-0.1, -0.05) is 54.1 Å². The number of halogens is 1. The predicted molar refractivity (Wildman–Crippen MR) is 90.9 cm³/mol. The van der Waals surface area contributed by atoms with Crippen molar-refractivity contribution in [1.82, 2.24) is 0 Å². The van der Waals surface area contributed by atoms with Gasteiger partial charge >= 0.3 is 7.69 Å². The summed E-state index contributed by atoms with van der Waals surface area (Å²) in [5, 5.41) is 9.46. The van der Waals surface area contributed by atoms with Gasteiger partial charge in [0, 0.05) is 5.02 Å². The molecule has 2 nitrogen and oxygen atoms in total. The number of hydrogen-bond donors (Lipinski definition) is 1. The summed E-state index contributed by atoms with van der Waals surface area (Å²) in [6, 6.07) is 23.5. The summed E-state index contributed by atoms with van der Waals surface area (Å²) < 4.78 is 5.01. The second kappa shape index (κ2) is 6.69. The van der Waals surface area contributed by atoms with Crippen LogP contribution in [0.1, 0.15) is 0 Å². The summed E-state index contributed by atoms with van der Waals surface area (Å²) in [6.07, 6.45) is 0. The lowest BCUT2D eigenvalue weighted by molar-refractivity contribution is 0.454. The minimum absolute atomic E-state index is 0.591. The van der Waals surface area contributed by atoms with E-state index in [0.717, 1.165) is 27.3 Å². The first-order chi connectivity index (χ1) is 10.8. The fraction of sp³-hybridized carbons (Fsp3) is 0. The molecule has 0 aliphatic rings. The molecule has 0 heterocycles. The quantitative estimate of drug-likeness (QED) is 0.715. The molecule has 0 atom stereocenters. The third kappa shape index (κ3) is 3.33. The first kappa shape index (κ1) is 14.7. The number of rotatable bonds is 4. The molecule has 0 amide bonds. The topological polar surface area (TPSA) is 29.5 Å². The number of benzene rings is 3. The minimum Gasteiger partial charge on any atom is -0.537 e. The summed E-state index contributed by atoms with van der Waals surface area (Å²) in [4.78, 5) is 0. The molecule has 0 fully saturated rings. The van der Waals surface area contributed by atoms with Crippen molar-refractivity contribution in [2.45, 2.75) is 0 Å². The van der Waals surface area contributed by atoms with Crippen molar-refractivity contribution in [2.24, 2.45) is 0 Å². The summed E-state index contributed by atoms with van der Waals surface area (Å²) >= 11 is 6.06. The molecule has 1 N–H and O–H groups in total. The highest BCUT2D eigenvalue weighted by molar-refractivity contribution is 6.30. The largest absolute Gasteiger partial charge is 0.569 e. The van der Waals surface area contributed by atoms with E-state index in [1.165, 1.54) is 0 Å². The van der Waals surface area contributed by atoms with E-state index in [1.807, 2.05) is 54.6 Å². The number of hydrogen-bond acceptors (Lipinski definition) is 2. The fourth-order valence-electron chi connectivity index (χ4n) is 2.36. The van der Waals surface area contributed by atoms with Crippen LogP contribution in [0.2, 0.25) is 5.02 Å². The maximum Gasteiger partial charge on any atom is 0.569 e. The van der Waals surface area contributed by atoms with E-state index in [9.17, 15) is 0 Å². The molecular weight excluding hydrogens is 294 g/mol. The Balaban J connectivity index is 1.99. The third-order valence-corrected chi connectivity index (χ3v) is 3.61. The zero-order valence-corrected chi connectivity index (χ0v) is 12.5. The Morgan fingerprint density at radius 2 is 1.27 bits per heavy atom. The molecule has 3 aromatic carbocycles. The van der Waals surface area contributed by atoms with E-state index < -0.39 is 0 Å². The lowest BCUT2D eigenvalue weighted by Gasteiger charge is -2.08. The average Bonchev–Trinajstić information content (AvgIpc) is 2.56. The van der Waals surface area contributed by atoms with E-state index in [-0.39, 0.29) is 0 Å². The van der Waals surface area contributed by atoms with E-state index >= 15 is 0 Å². The Kier molecular flexibility index (Phi) is 4.47. The summed E-state index contributed by atoms with van der Waals surface area (Å²) in [5.41, 5.74) is 4.26. The van der Waals surface area contributed by atoms with Crippen LogP contribution >= 0.6 is 11.6 Å². The molecule has 0 aliphatic heterocycles. The lowest BCUT2D eigenvalue weighted by atomic mass is 9.99. The van der Waals surface area contributed by atoms with Gasteiger partial charge < -0.3 is 9.68 Å². The van der Waals surface area contributed by atoms with Crippen molar-refractivity contribution in [2.75, 3.05) is 0 Å². The highest BCUT2D eigenvalue weighted by atomic mass is 35.5. The molecule has 0 aliphatic carbocycles. The molecule has 22 heavy (non-hydrogen) atoms. The molecule has 4 heteroatoms. The summed E-state index contributed by atoms with van der Waals surface area (Å²) in [5.74, 6) is 0.591. The zero-order chi connectivity index (χ0) is 15.4. The fourth-order valence-corrected chi connectivity index (χ4v) is 2.55. The van der Waals surface area contributed by atoms with Gasteiger partial charge in [-0.15, -0.1) is 0 Å². The molecule has 0 saturated heterocycles. The molecule has 0 unspecified atom stereocenters. The van der Waals surface area contributed by atoms with Gasteiger partial charge in [-0.2, -0.15) is 0 Å². The van der Waals surface area contributed by atoms with Gasteiger partial charge in [-0.25, -0.2) is 0 Å². The van der Waals surface area contributed by atoms with Crippen molar-refractivity contribution < 1.29 is 9.68 Å². The highest BCUT2D eigenvalue weighted by Gasteiger charge is 2.04. The molecule has 0 saturated carbocycles. The lowest BCUT2D eigenvalue weighted by Crippen LogP contribution is -1.99. The van der Waals surface area contributed by atoms with Crippen LogP contribution in [0.5, 0.6) is 5.75 Å². The molecule has 107 valence electrons. The standard InChI is InChI=1S/C18H13BClO2/c20-17-8-2-6-15(11-17)13-4-1-5-14(10-13)16-7-3-9-18(12-16)22-19-21/h1-12,21H. The van der Waals surface area contributed by atoms with Crippen molar-refractivity contribution in [3.05, 3.63) is 77.8 Å². The molecule has 0 aromatic heterocycles. The van der Waals surface area contributed by atoms with Crippen molar-refractivity contribution in [3.63, 3.8) is 0 Å². The second-order valence-corrected chi connectivity index (χ2v) is 5.28. The van der Waals surface area contributed by atoms with Crippen molar-refractivity contribution in [3.8, 4) is 28.0 Å². The average molecular weight is 308 g/mol. The Hall–Kier alpha value is -2.23. The normalized spacial score (nSPS) is 10.3. The Morgan fingerprint density at radius 3 is 1.91 bits per heavy atom. The van der Waals surface area contributed by atoms with Crippen molar-refractivity contribution in [1.29, 1.82) is 0 Å². The van der Waals surface area contributed by atoms with E-state index in [2.05, 4.69) is 12.1 Å². The van der Waals surface area contributed by atoms with Crippen LogP contribution in [0.25, 0.3) is 22.3 Å². The maximum atomic E-state index is 8.74. The molecule has 3 rings (SSSR count). The second-order valence-electron chi connectivity index (χ2n) is 4.84. The van der Waals surface area contributed by atoms with Crippen LogP contribution in [0.15, 0.2) is 72.8 Å². The molecular formula is C18H13BClO2. The van der Waals surface area contributed by atoms with Crippen molar-refractivity contribution >= 4 is 19.3 Å². The van der Waals surface area contributed by atoms with Crippen LogP contribution in [0, 0.1) is 0 Å². The first-order valence-electron chi connectivity index (χ1n) is 6.85. The van der Waals surface area contributed by atoms with Gasteiger partial charge in [-0.05, 0) is 52.6 Å². The first-order valence-corrected chi connectivity index (χ1v) is 7.23. The highest BCUT2D eigenvalue weighted by Crippen LogP contribution is 2.29. The maximum absolute atomic E-state index is 8.74. The Labute approximate surface area is 135 Å². The SMILES string of the molecule is O[B]Oc1cccc(-c2cccc(-c3cccc(Cl)c3)c2)c1. The van der Waals surface area contributed by atoms with E-state index in [1.54, 1.807) is 6.07 Å². The summed E-state index contributed by atoms with van der Waals surface area (Å²) in [7, 11) is 0.682. The van der Waals surface area contributed by atoms with Crippen LogP contribution in [-0.4, -0.2) is 12.7 Å². The van der Waals surface area contributed by atoms with Gasteiger partial charge in [0.15, 0.2) is 0 Å². The Bertz CT molecular complexity index is 789. The predicted octanol–water partition coefficient (Wildman–Crippen LogP) is 4.58. The van der Waals surface area contributed by atoms with Crippen LogP contribution < -0.4 is 4.65 Å². The van der Waals surface area contributed by atoms with Gasteiger partial charge in [0.1, 0.15) is 5.75 Å². The van der Waals surface area contributed by atoms with Gasteiger partial charge in [0.2, 0.25) is 0 Å². The van der Waals surface area contributed by atoms with Crippen LogP contribution in [-0.2, 0) is 0 Å².